The number of carbonyl (C=O) groups excluding carboxylic acids is 1. The lowest BCUT2D eigenvalue weighted by atomic mass is 10.0. The second-order valence-corrected chi connectivity index (χ2v) is 3.61. The molecule has 0 bridgehead atoms. The summed E-state index contributed by atoms with van der Waals surface area (Å²) in [5.74, 6) is 0.106. The van der Waals surface area contributed by atoms with Gasteiger partial charge in [-0.2, -0.15) is 0 Å². The summed E-state index contributed by atoms with van der Waals surface area (Å²) in [5.41, 5.74) is 7.49. The maximum absolute atomic E-state index is 12.2. The average molecular weight is 216 g/mol. The van der Waals surface area contributed by atoms with Crippen molar-refractivity contribution in [2.75, 3.05) is 5.73 Å². The minimum Gasteiger partial charge on any atom is -0.383 e. The van der Waals surface area contributed by atoms with E-state index in [4.69, 9.17) is 5.73 Å². The number of hydrogen-bond acceptors (Lipinski definition) is 4. The summed E-state index contributed by atoms with van der Waals surface area (Å²) in [6.07, 6.45) is 4.69. The van der Waals surface area contributed by atoms with Gasteiger partial charge in [-0.1, -0.05) is 0 Å². The van der Waals surface area contributed by atoms with Crippen LogP contribution in [0, 0.1) is 6.92 Å². The molecule has 0 spiro atoms. The van der Waals surface area contributed by atoms with Crippen LogP contribution in [-0.2, 0) is 7.05 Å². The van der Waals surface area contributed by atoms with Crippen LogP contribution in [0.5, 0.6) is 0 Å². The SMILES string of the molecule is Cc1ccnc(N)c1C(=O)c1cncn1C. The molecule has 0 aromatic carbocycles. The van der Waals surface area contributed by atoms with Gasteiger partial charge in [0.2, 0.25) is 5.78 Å². The molecule has 82 valence electrons. The Bertz CT molecular complexity index is 524. The van der Waals surface area contributed by atoms with Crippen LogP contribution in [0.2, 0.25) is 0 Å². The van der Waals surface area contributed by atoms with Gasteiger partial charge in [0, 0.05) is 13.2 Å². The van der Waals surface area contributed by atoms with Gasteiger partial charge in [-0.25, -0.2) is 9.97 Å². The monoisotopic (exact) mass is 216 g/mol. The maximum atomic E-state index is 12.2. The number of nitrogen functional groups attached to an aromatic ring is 1. The highest BCUT2D eigenvalue weighted by atomic mass is 16.1. The lowest BCUT2D eigenvalue weighted by molar-refractivity contribution is 0.103. The highest BCUT2D eigenvalue weighted by molar-refractivity contribution is 6.11. The number of carbonyl (C=O) groups is 1. The van der Waals surface area contributed by atoms with Crippen LogP contribution >= 0.6 is 0 Å². The Morgan fingerprint density at radius 1 is 1.50 bits per heavy atom. The molecule has 2 rings (SSSR count). The molecular formula is C11H12N4O. The predicted octanol–water partition coefficient (Wildman–Crippen LogP) is 0.937. The number of ketones is 1. The van der Waals surface area contributed by atoms with Crippen molar-refractivity contribution in [3.63, 3.8) is 0 Å². The van der Waals surface area contributed by atoms with Crippen molar-refractivity contribution < 1.29 is 4.79 Å². The molecule has 2 aromatic rings. The third-order valence-electron chi connectivity index (χ3n) is 2.47. The first-order valence-corrected chi connectivity index (χ1v) is 4.83. The Morgan fingerprint density at radius 3 is 2.81 bits per heavy atom. The fourth-order valence-electron chi connectivity index (χ4n) is 1.58. The van der Waals surface area contributed by atoms with Gasteiger partial charge in [0.25, 0.3) is 0 Å². The third kappa shape index (κ3) is 1.56. The van der Waals surface area contributed by atoms with Crippen LogP contribution in [0.15, 0.2) is 24.8 Å². The fourth-order valence-corrected chi connectivity index (χ4v) is 1.58. The van der Waals surface area contributed by atoms with Crippen molar-refractivity contribution in [1.29, 1.82) is 0 Å². The van der Waals surface area contributed by atoms with E-state index in [2.05, 4.69) is 9.97 Å². The van der Waals surface area contributed by atoms with Crippen LogP contribution < -0.4 is 5.73 Å². The standard InChI is InChI=1S/C11H12N4O/c1-7-3-4-14-11(12)9(7)10(16)8-5-13-6-15(8)2/h3-6H,1-2H3,(H2,12,14). The summed E-state index contributed by atoms with van der Waals surface area (Å²) in [7, 11) is 1.77. The highest BCUT2D eigenvalue weighted by Crippen LogP contribution is 2.17. The Kier molecular flexibility index (Phi) is 2.44. The number of nitrogens with zero attached hydrogens (tertiary/aromatic N) is 3. The highest BCUT2D eigenvalue weighted by Gasteiger charge is 2.18. The zero-order chi connectivity index (χ0) is 11.7. The van der Waals surface area contributed by atoms with Crippen LogP contribution in [0.25, 0.3) is 0 Å². The molecule has 0 aliphatic rings. The molecule has 0 amide bonds. The number of aryl methyl sites for hydroxylation is 2. The molecule has 0 aliphatic heterocycles. The van der Waals surface area contributed by atoms with E-state index in [9.17, 15) is 4.79 Å². The first-order valence-electron chi connectivity index (χ1n) is 4.83. The topological polar surface area (TPSA) is 73.8 Å². The summed E-state index contributed by atoms with van der Waals surface area (Å²) in [4.78, 5) is 20.0. The summed E-state index contributed by atoms with van der Waals surface area (Å²) >= 11 is 0. The van der Waals surface area contributed by atoms with Gasteiger partial charge in [0.1, 0.15) is 11.5 Å². The molecule has 16 heavy (non-hydrogen) atoms. The summed E-state index contributed by atoms with van der Waals surface area (Å²) in [6.45, 7) is 1.83. The Morgan fingerprint density at radius 2 is 2.25 bits per heavy atom. The first-order chi connectivity index (χ1) is 7.61. The lowest BCUT2D eigenvalue weighted by Gasteiger charge is -2.07. The van der Waals surface area contributed by atoms with E-state index in [-0.39, 0.29) is 11.6 Å². The fraction of sp³-hybridized carbons (Fsp3) is 0.182. The van der Waals surface area contributed by atoms with E-state index in [1.54, 1.807) is 30.2 Å². The Hall–Kier alpha value is -2.17. The van der Waals surface area contributed by atoms with E-state index in [1.165, 1.54) is 6.20 Å². The second kappa shape index (κ2) is 3.77. The molecule has 2 heterocycles. The molecule has 0 fully saturated rings. The van der Waals surface area contributed by atoms with Crippen LogP contribution in [-0.4, -0.2) is 20.3 Å². The van der Waals surface area contributed by atoms with Crippen molar-refractivity contribution in [1.82, 2.24) is 14.5 Å². The van der Waals surface area contributed by atoms with Gasteiger partial charge in [0.05, 0.1) is 18.1 Å². The van der Waals surface area contributed by atoms with Gasteiger partial charge in [-0.15, -0.1) is 0 Å². The molecular weight excluding hydrogens is 204 g/mol. The van der Waals surface area contributed by atoms with Crippen LogP contribution in [0.4, 0.5) is 5.82 Å². The van der Waals surface area contributed by atoms with Crippen molar-refractivity contribution >= 4 is 11.6 Å². The molecule has 5 nitrogen and oxygen atoms in total. The van der Waals surface area contributed by atoms with E-state index in [1.807, 2.05) is 6.92 Å². The van der Waals surface area contributed by atoms with Crippen molar-refractivity contribution in [3.8, 4) is 0 Å². The van der Waals surface area contributed by atoms with Gasteiger partial charge in [-0.05, 0) is 18.6 Å². The molecule has 0 saturated carbocycles. The normalized spacial score (nSPS) is 10.4. The second-order valence-electron chi connectivity index (χ2n) is 3.61. The summed E-state index contributed by atoms with van der Waals surface area (Å²) in [5, 5.41) is 0. The Balaban J connectivity index is 2.54. The van der Waals surface area contributed by atoms with Crippen molar-refractivity contribution in [3.05, 3.63) is 41.6 Å². The van der Waals surface area contributed by atoms with Gasteiger partial charge in [0.15, 0.2) is 0 Å². The zero-order valence-corrected chi connectivity index (χ0v) is 9.14. The lowest BCUT2D eigenvalue weighted by Crippen LogP contribution is -2.12. The van der Waals surface area contributed by atoms with E-state index < -0.39 is 0 Å². The van der Waals surface area contributed by atoms with Crippen LogP contribution in [0.3, 0.4) is 0 Å². The number of imidazole rings is 1. The first kappa shape index (κ1) is 10.4. The number of hydrogen-bond donors (Lipinski definition) is 1. The minimum absolute atomic E-state index is 0.150. The number of anilines is 1. The molecule has 0 saturated heterocycles. The Labute approximate surface area is 92.9 Å². The number of aromatic nitrogens is 3. The molecule has 5 heteroatoms. The maximum Gasteiger partial charge on any atom is 0.214 e. The summed E-state index contributed by atoms with van der Waals surface area (Å²) in [6, 6.07) is 1.76. The zero-order valence-electron chi connectivity index (χ0n) is 9.14. The molecule has 2 N–H and O–H groups in total. The number of nitrogens with two attached hydrogens (primary N) is 1. The van der Waals surface area contributed by atoms with Gasteiger partial charge >= 0.3 is 0 Å². The number of pyridine rings is 1. The van der Waals surface area contributed by atoms with E-state index in [0.29, 0.717) is 11.3 Å². The number of rotatable bonds is 2. The quantitative estimate of drug-likeness (QED) is 0.758. The molecule has 0 aliphatic carbocycles. The van der Waals surface area contributed by atoms with Crippen molar-refractivity contribution in [2.24, 2.45) is 7.05 Å². The average Bonchev–Trinajstić information content (AvgIpc) is 2.64. The molecule has 0 radical (unpaired) electrons. The third-order valence-corrected chi connectivity index (χ3v) is 2.47. The van der Waals surface area contributed by atoms with Gasteiger partial charge < -0.3 is 10.3 Å². The van der Waals surface area contributed by atoms with Crippen molar-refractivity contribution in [2.45, 2.75) is 6.92 Å². The van der Waals surface area contributed by atoms with Gasteiger partial charge in [-0.3, -0.25) is 4.79 Å². The van der Waals surface area contributed by atoms with Crippen LogP contribution in [0.1, 0.15) is 21.6 Å². The van der Waals surface area contributed by atoms with E-state index in [0.717, 1.165) is 5.56 Å². The molecule has 0 unspecified atom stereocenters. The largest absolute Gasteiger partial charge is 0.383 e. The predicted molar refractivity (Wildman–Crippen MR) is 60.0 cm³/mol. The molecule has 2 aromatic heterocycles. The van der Waals surface area contributed by atoms with E-state index >= 15 is 0 Å². The molecule has 0 atom stereocenters. The minimum atomic E-state index is -0.150. The summed E-state index contributed by atoms with van der Waals surface area (Å²) < 4.78 is 1.66. The smallest absolute Gasteiger partial charge is 0.214 e.